The van der Waals surface area contributed by atoms with Crippen LogP contribution in [0.5, 0.6) is 5.75 Å². The second kappa shape index (κ2) is 7.85. The monoisotopic (exact) mass is 394 g/mol. The molecule has 0 unspecified atom stereocenters. The van der Waals surface area contributed by atoms with Crippen LogP contribution in [0.2, 0.25) is 0 Å². The van der Waals surface area contributed by atoms with E-state index >= 15 is 0 Å². The number of nitrogens with two attached hydrogens (primary N) is 1. The molecule has 142 valence electrons. The van der Waals surface area contributed by atoms with E-state index in [2.05, 4.69) is 5.32 Å². The van der Waals surface area contributed by atoms with E-state index in [1.54, 1.807) is 0 Å². The zero-order valence-electron chi connectivity index (χ0n) is 13.6. The summed E-state index contributed by atoms with van der Waals surface area (Å²) >= 11 is 0. The number of carbonyl (C=O) groups excluding carboxylic acids is 1. The number of anilines is 1. The van der Waals surface area contributed by atoms with Crippen molar-refractivity contribution in [2.45, 2.75) is 4.90 Å². The van der Waals surface area contributed by atoms with Gasteiger partial charge in [-0.25, -0.2) is 23.1 Å². The summed E-state index contributed by atoms with van der Waals surface area (Å²) in [5.41, 5.74) is -0.325. The molecule has 2 rings (SSSR count). The van der Waals surface area contributed by atoms with Gasteiger partial charge in [0, 0.05) is 5.69 Å². The second-order valence-corrected chi connectivity index (χ2v) is 6.82. The third-order valence-electron chi connectivity index (χ3n) is 3.24. The normalized spacial score (nSPS) is 10.9. The standard InChI is InChI=1S/C16H14N2O8S/c17-27(24,25)13-3-1-11(2-4-13)18-14(19)8-26-12-6-9(15(20)21)5-10(7-12)16(22)23/h1-7H,8H2,(H,18,19)(H,20,21)(H,22,23)(H2,17,24,25). The van der Waals surface area contributed by atoms with Crippen LogP contribution in [0.4, 0.5) is 5.69 Å². The number of carboxylic acids is 2. The van der Waals surface area contributed by atoms with Gasteiger partial charge in [-0.3, -0.25) is 4.79 Å². The lowest BCUT2D eigenvalue weighted by molar-refractivity contribution is -0.118. The number of nitrogens with one attached hydrogen (secondary N) is 1. The number of primary sulfonamides is 1. The Morgan fingerprint density at radius 2 is 1.48 bits per heavy atom. The largest absolute Gasteiger partial charge is 0.484 e. The molecular formula is C16H14N2O8S. The molecule has 0 fully saturated rings. The SMILES string of the molecule is NS(=O)(=O)c1ccc(NC(=O)COc2cc(C(=O)O)cc(C(=O)O)c2)cc1. The van der Waals surface area contributed by atoms with Crippen molar-refractivity contribution in [3.8, 4) is 5.75 Å². The van der Waals surface area contributed by atoms with E-state index in [0.717, 1.165) is 18.2 Å². The van der Waals surface area contributed by atoms with Gasteiger partial charge >= 0.3 is 11.9 Å². The minimum atomic E-state index is -3.85. The van der Waals surface area contributed by atoms with Crippen LogP contribution >= 0.6 is 0 Å². The Labute approximate surface area is 153 Å². The maximum Gasteiger partial charge on any atom is 0.335 e. The molecule has 0 aromatic heterocycles. The van der Waals surface area contributed by atoms with Crippen molar-refractivity contribution in [2.75, 3.05) is 11.9 Å². The van der Waals surface area contributed by atoms with Gasteiger partial charge in [-0.2, -0.15) is 0 Å². The molecule has 10 nitrogen and oxygen atoms in total. The van der Waals surface area contributed by atoms with Crippen molar-refractivity contribution in [3.05, 3.63) is 53.6 Å². The van der Waals surface area contributed by atoms with Gasteiger partial charge in [0.2, 0.25) is 10.0 Å². The number of ether oxygens (including phenoxy) is 1. The third kappa shape index (κ3) is 5.52. The molecule has 0 saturated carbocycles. The van der Waals surface area contributed by atoms with Crippen molar-refractivity contribution in [3.63, 3.8) is 0 Å². The number of sulfonamides is 1. The molecule has 0 atom stereocenters. The quantitative estimate of drug-likeness (QED) is 0.532. The van der Waals surface area contributed by atoms with Crippen LogP contribution in [0.15, 0.2) is 47.4 Å². The minimum absolute atomic E-state index is 0.105. The number of rotatable bonds is 7. The number of carbonyl (C=O) groups is 3. The lowest BCUT2D eigenvalue weighted by Crippen LogP contribution is -2.20. The summed E-state index contributed by atoms with van der Waals surface area (Å²) in [6, 6.07) is 8.20. The summed E-state index contributed by atoms with van der Waals surface area (Å²) in [6.45, 7) is -0.529. The lowest BCUT2D eigenvalue weighted by Gasteiger charge is -2.09. The van der Waals surface area contributed by atoms with Crippen LogP contribution in [-0.4, -0.2) is 43.1 Å². The molecule has 0 aliphatic rings. The summed E-state index contributed by atoms with van der Waals surface area (Å²) in [5, 5.41) is 25.4. The van der Waals surface area contributed by atoms with Crippen molar-refractivity contribution in [2.24, 2.45) is 5.14 Å². The minimum Gasteiger partial charge on any atom is -0.484 e. The topological polar surface area (TPSA) is 173 Å². The fourth-order valence-electron chi connectivity index (χ4n) is 2.00. The molecule has 2 aromatic rings. The fraction of sp³-hybridized carbons (Fsp3) is 0.0625. The van der Waals surface area contributed by atoms with Crippen LogP contribution in [0, 0.1) is 0 Å². The molecule has 5 N–H and O–H groups in total. The Hall–Kier alpha value is -3.44. The number of carboxylic acid groups (broad SMARTS) is 2. The highest BCUT2D eigenvalue weighted by Gasteiger charge is 2.13. The van der Waals surface area contributed by atoms with E-state index in [1.165, 1.54) is 24.3 Å². The molecule has 27 heavy (non-hydrogen) atoms. The van der Waals surface area contributed by atoms with Gasteiger partial charge in [0.15, 0.2) is 6.61 Å². The zero-order valence-corrected chi connectivity index (χ0v) is 14.4. The first-order chi connectivity index (χ1) is 12.6. The van der Waals surface area contributed by atoms with Gasteiger partial charge in [0.1, 0.15) is 5.75 Å². The second-order valence-electron chi connectivity index (χ2n) is 5.26. The first-order valence-electron chi connectivity index (χ1n) is 7.23. The number of hydrogen-bond donors (Lipinski definition) is 4. The maximum atomic E-state index is 11.9. The zero-order chi connectivity index (χ0) is 20.2. The van der Waals surface area contributed by atoms with Gasteiger partial charge in [0.25, 0.3) is 5.91 Å². The highest BCUT2D eigenvalue weighted by molar-refractivity contribution is 7.89. The Morgan fingerprint density at radius 3 is 1.93 bits per heavy atom. The van der Waals surface area contributed by atoms with Crippen LogP contribution in [0.1, 0.15) is 20.7 Å². The highest BCUT2D eigenvalue weighted by Crippen LogP contribution is 2.18. The molecule has 0 spiro atoms. The van der Waals surface area contributed by atoms with E-state index in [-0.39, 0.29) is 27.5 Å². The average molecular weight is 394 g/mol. The van der Waals surface area contributed by atoms with Crippen molar-refractivity contribution < 1.29 is 37.8 Å². The summed E-state index contributed by atoms with van der Waals surface area (Å²) in [6.07, 6.45) is 0. The number of hydrogen-bond acceptors (Lipinski definition) is 6. The first kappa shape index (κ1) is 19.9. The molecule has 0 aliphatic carbocycles. The van der Waals surface area contributed by atoms with E-state index in [4.69, 9.17) is 20.1 Å². The molecule has 0 heterocycles. The number of benzene rings is 2. The number of amides is 1. The van der Waals surface area contributed by atoms with Gasteiger partial charge < -0.3 is 20.3 Å². The van der Waals surface area contributed by atoms with E-state index < -0.39 is 34.5 Å². The molecule has 0 aliphatic heterocycles. The van der Waals surface area contributed by atoms with Gasteiger partial charge in [-0.1, -0.05) is 0 Å². The Morgan fingerprint density at radius 1 is 0.963 bits per heavy atom. The highest BCUT2D eigenvalue weighted by atomic mass is 32.2. The summed E-state index contributed by atoms with van der Waals surface area (Å²) in [7, 11) is -3.85. The molecule has 0 bridgehead atoms. The molecule has 1 amide bonds. The maximum absolute atomic E-state index is 11.9. The van der Waals surface area contributed by atoms with Gasteiger partial charge in [-0.05, 0) is 42.5 Å². The van der Waals surface area contributed by atoms with E-state index in [0.29, 0.717) is 0 Å². The first-order valence-corrected chi connectivity index (χ1v) is 8.78. The third-order valence-corrected chi connectivity index (χ3v) is 4.17. The molecule has 0 radical (unpaired) electrons. The molecular weight excluding hydrogens is 380 g/mol. The van der Waals surface area contributed by atoms with Crippen LogP contribution in [-0.2, 0) is 14.8 Å². The smallest absolute Gasteiger partial charge is 0.335 e. The predicted octanol–water partition coefficient (Wildman–Crippen LogP) is 0.748. The summed E-state index contributed by atoms with van der Waals surface area (Å²) in [5.74, 6) is -3.42. The average Bonchev–Trinajstić information content (AvgIpc) is 2.59. The van der Waals surface area contributed by atoms with Crippen LogP contribution in [0.3, 0.4) is 0 Å². The molecule has 11 heteroatoms. The number of aromatic carboxylic acids is 2. The van der Waals surface area contributed by atoms with E-state index in [9.17, 15) is 22.8 Å². The summed E-state index contributed by atoms with van der Waals surface area (Å²) < 4.78 is 27.5. The molecule has 2 aromatic carbocycles. The van der Waals surface area contributed by atoms with Gasteiger partial charge in [0.05, 0.1) is 16.0 Å². The van der Waals surface area contributed by atoms with Crippen LogP contribution in [0.25, 0.3) is 0 Å². The van der Waals surface area contributed by atoms with E-state index in [1.807, 2.05) is 0 Å². The van der Waals surface area contributed by atoms with Crippen LogP contribution < -0.4 is 15.2 Å². The molecule has 0 saturated heterocycles. The summed E-state index contributed by atoms with van der Waals surface area (Å²) in [4.78, 5) is 33.8. The van der Waals surface area contributed by atoms with Crippen molar-refractivity contribution >= 4 is 33.6 Å². The van der Waals surface area contributed by atoms with Crippen molar-refractivity contribution in [1.29, 1.82) is 0 Å². The van der Waals surface area contributed by atoms with Gasteiger partial charge in [-0.15, -0.1) is 0 Å². The Balaban J connectivity index is 2.05. The van der Waals surface area contributed by atoms with Crippen molar-refractivity contribution in [1.82, 2.24) is 0 Å². The fourth-order valence-corrected chi connectivity index (χ4v) is 2.52. The predicted molar refractivity (Wildman–Crippen MR) is 92.3 cm³/mol. The Bertz CT molecular complexity index is 967. The lowest BCUT2D eigenvalue weighted by atomic mass is 10.1. The Kier molecular flexibility index (Phi) is 5.78.